The third-order valence-electron chi connectivity index (χ3n) is 5.19. The fourth-order valence-electron chi connectivity index (χ4n) is 3.49. The quantitative estimate of drug-likeness (QED) is 0.276. The standard InChI is InChI=1S/C27H23F3N2O4S/c1-37(33,34)32-25-15-22(16-31-26(25)36-17-19-7-3-2-4-8-19)21-10-6-12-24(14-21)35-18-20-9-5-11-23(13-20)27(28,29)30/h2-16,32H,17-18H2,1H3. The molecule has 0 aliphatic rings. The fraction of sp³-hybridized carbons (Fsp3) is 0.148. The summed E-state index contributed by atoms with van der Waals surface area (Å²) < 4.78 is 76.7. The van der Waals surface area contributed by atoms with Crippen LogP contribution in [0.1, 0.15) is 16.7 Å². The van der Waals surface area contributed by atoms with Gasteiger partial charge in [-0.1, -0.05) is 54.6 Å². The average Bonchev–Trinajstić information content (AvgIpc) is 2.86. The number of pyridine rings is 1. The molecule has 6 nitrogen and oxygen atoms in total. The molecule has 0 atom stereocenters. The number of halogens is 3. The molecule has 0 saturated carbocycles. The highest BCUT2D eigenvalue weighted by atomic mass is 32.2. The van der Waals surface area contributed by atoms with E-state index in [9.17, 15) is 21.6 Å². The van der Waals surface area contributed by atoms with Crippen LogP contribution in [0.15, 0.2) is 91.1 Å². The van der Waals surface area contributed by atoms with Gasteiger partial charge in [-0.3, -0.25) is 4.72 Å². The van der Waals surface area contributed by atoms with E-state index in [0.717, 1.165) is 24.0 Å². The van der Waals surface area contributed by atoms with Gasteiger partial charge in [-0.15, -0.1) is 0 Å². The molecule has 0 aliphatic carbocycles. The lowest BCUT2D eigenvalue weighted by Gasteiger charge is -2.14. The molecule has 4 rings (SSSR count). The number of rotatable bonds is 9. The van der Waals surface area contributed by atoms with Crippen LogP contribution in [-0.4, -0.2) is 19.7 Å². The number of alkyl halides is 3. The van der Waals surface area contributed by atoms with Crippen LogP contribution in [-0.2, 0) is 29.4 Å². The molecule has 192 valence electrons. The van der Waals surface area contributed by atoms with E-state index < -0.39 is 21.8 Å². The maximum Gasteiger partial charge on any atom is 0.416 e. The fourth-order valence-corrected chi connectivity index (χ4v) is 4.04. The van der Waals surface area contributed by atoms with Crippen molar-refractivity contribution in [1.29, 1.82) is 0 Å². The van der Waals surface area contributed by atoms with Crippen LogP contribution in [0.3, 0.4) is 0 Å². The number of aromatic nitrogens is 1. The van der Waals surface area contributed by atoms with Crippen LogP contribution in [0.2, 0.25) is 0 Å². The predicted octanol–water partition coefficient (Wildman–Crippen LogP) is 6.30. The number of sulfonamides is 1. The summed E-state index contributed by atoms with van der Waals surface area (Å²) in [4.78, 5) is 4.31. The minimum atomic E-state index is -4.43. The van der Waals surface area contributed by atoms with Gasteiger partial charge in [-0.25, -0.2) is 13.4 Å². The summed E-state index contributed by atoms with van der Waals surface area (Å²) in [6.45, 7) is 0.142. The largest absolute Gasteiger partial charge is 0.489 e. The Bertz CT molecular complexity index is 1480. The molecule has 3 aromatic carbocycles. The van der Waals surface area contributed by atoms with Crippen molar-refractivity contribution in [1.82, 2.24) is 4.98 Å². The van der Waals surface area contributed by atoms with E-state index >= 15 is 0 Å². The summed E-state index contributed by atoms with van der Waals surface area (Å²) in [5.74, 6) is 0.548. The van der Waals surface area contributed by atoms with Crippen LogP contribution in [0.25, 0.3) is 11.1 Å². The number of benzene rings is 3. The molecule has 0 radical (unpaired) electrons. The highest BCUT2D eigenvalue weighted by Crippen LogP contribution is 2.32. The Kier molecular flexibility index (Phi) is 7.68. The van der Waals surface area contributed by atoms with Gasteiger partial charge in [-0.05, 0) is 47.0 Å². The second-order valence-electron chi connectivity index (χ2n) is 8.24. The number of anilines is 1. The predicted molar refractivity (Wildman–Crippen MR) is 135 cm³/mol. The van der Waals surface area contributed by atoms with Gasteiger partial charge >= 0.3 is 6.18 Å². The van der Waals surface area contributed by atoms with Gasteiger partial charge in [0.05, 0.1) is 11.8 Å². The summed E-state index contributed by atoms with van der Waals surface area (Å²) in [7, 11) is -3.62. The first-order valence-corrected chi connectivity index (χ1v) is 13.0. The molecular weight excluding hydrogens is 505 g/mol. The van der Waals surface area contributed by atoms with E-state index in [1.54, 1.807) is 42.6 Å². The molecule has 0 aliphatic heterocycles. The molecule has 37 heavy (non-hydrogen) atoms. The zero-order valence-corrected chi connectivity index (χ0v) is 20.5. The molecule has 1 heterocycles. The molecule has 0 spiro atoms. The highest BCUT2D eigenvalue weighted by Gasteiger charge is 2.30. The molecule has 0 unspecified atom stereocenters. The number of nitrogens with one attached hydrogen (secondary N) is 1. The summed E-state index contributed by atoms with van der Waals surface area (Å²) in [6, 6.07) is 22.8. The topological polar surface area (TPSA) is 77.5 Å². The first-order valence-electron chi connectivity index (χ1n) is 11.1. The van der Waals surface area contributed by atoms with Gasteiger partial charge in [0.25, 0.3) is 0 Å². The van der Waals surface area contributed by atoms with Gasteiger partial charge in [-0.2, -0.15) is 13.2 Å². The highest BCUT2D eigenvalue weighted by molar-refractivity contribution is 7.92. The third-order valence-corrected chi connectivity index (χ3v) is 5.78. The molecule has 0 bridgehead atoms. The maximum absolute atomic E-state index is 13.0. The Morgan fingerprint density at radius 1 is 0.811 bits per heavy atom. The van der Waals surface area contributed by atoms with Gasteiger partial charge < -0.3 is 9.47 Å². The van der Waals surface area contributed by atoms with Crippen molar-refractivity contribution in [3.8, 4) is 22.8 Å². The lowest BCUT2D eigenvalue weighted by molar-refractivity contribution is -0.137. The van der Waals surface area contributed by atoms with Gasteiger partial charge in [0.1, 0.15) is 24.7 Å². The smallest absolute Gasteiger partial charge is 0.416 e. The number of nitrogens with zero attached hydrogens (tertiary/aromatic N) is 1. The number of ether oxygens (including phenoxy) is 2. The number of hydrogen-bond acceptors (Lipinski definition) is 5. The lowest BCUT2D eigenvalue weighted by Crippen LogP contribution is -2.12. The maximum atomic E-state index is 13.0. The van der Waals surface area contributed by atoms with Crippen molar-refractivity contribution < 1.29 is 31.1 Å². The SMILES string of the molecule is CS(=O)(=O)Nc1cc(-c2cccc(OCc3cccc(C(F)(F)F)c3)c2)cnc1OCc1ccccc1. The van der Waals surface area contributed by atoms with Gasteiger partial charge in [0.2, 0.25) is 15.9 Å². The Labute approximate surface area is 212 Å². The molecule has 4 aromatic rings. The second-order valence-corrected chi connectivity index (χ2v) is 9.99. The monoisotopic (exact) mass is 528 g/mol. The molecule has 0 saturated heterocycles. The average molecular weight is 529 g/mol. The van der Waals surface area contributed by atoms with E-state index in [0.29, 0.717) is 22.4 Å². The Balaban J connectivity index is 1.54. The third kappa shape index (κ3) is 7.47. The minimum absolute atomic E-state index is 0.0568. The van der Waals surface area contributed by atoms with E-state index in [2.05, 4.69) is 9.71 Å². The van der Waals surface area contributed by atoms with Gasteiger partial charge in [0.15, 0.2) is 0 Å². The summed E-state index contributed by atoms with van der Waals surface area (Å²) in [6.07, 6.45) is -1.86. The van der Waals surface area contributed by atoms with Gasteiger partial charge in [0, 0.05) is 11.8 Å². The molecule has 1 aromatic heterocycles. The molecule has 0 amide bonds. The lowest BCUT2D eigenvalue weighted by atomic mass is 10.1. The molecule has 10 heteroatoms. The van der Waals surface area contributed by atoms with Crippen LogP contribution in [0.4, 0.5) is 18.9 Å². The summed E-state index contributed by atoms with van der Waals surface area (Å²) in [5.41, 5.74) is 1.95. The molecular formula is C27H23F3N2O4S. The van der Waals surface area contributed by atoms with Crippen LogP contribution < -0.4 is 14.2 Å². The first-order chi connectivity index (χ1) is 17.6. The Morgan fingerprint density at radius 2 is 1.51 bits per heavy atom. The van der Waals surface area contributed by atoms with E-state index in [4.69, 9.17) is 9.47 Å². The van der Waals surface area contributed by atoms with E-state index in [-0.39, 0.29) is 24.8 Å². The second kappa shape index (κ2) is 10.9. The van der Waals surface area contributed by atoms with Crippen molar-refractivity contribution in [2.24, 2.45) is 0 Å². The van der Waals surface area contributed by atoms with E-state index in [1.807, 2.05) is 30.3 Å². The Hall–Kier alpha value is -4.05. The Morgan fingerprint density at radius 3 is 2.24 bits per heavy atom. The minimum Gasteiger partial charge on any atom is -0.489 e. The van der Waals surface area contributed by atoms with Crippen LogP contribution in [0, 0.1) is 0 Å². The zero-order chi connectivity index (χ0) is 26.5. The van der Waals surface area contributed by atoms with Crippen LogP contribution >= 0.6 is 0 Å². The first kappa shape index (κ1) is 26.0. The van der Waals surface area contributed by atoms with E-state index in [1.165, 1.54) is 6.07 Å². The van der Waals surface area contributed by atoms with Crippen molar-refractivity contribution in [3.63, 3.8) is 0 Å². The van der Waals surface area contributed by atoms with Crippen molar-refractivity contribution in [2.75, 3.05) is 11.0 Å². The number of hydrogen-bond donors (Lipinski definition) is 1. The molecule has 0 fully saturated rings. The van der Waals surface area contributed by atoms with Crippen LogP contribution in [0.5, 0.6) is 11.6 Å². The molecule has 1 N–H and O–H groups in total. The normalized spacial score (nSPS) is 11.7. The van der Waals surface area contributed by atoms with Crippen molar-refractivity contribution in [3.05, 3.63) is 108 Å². The van der Waals surface area contributed by atoms with Crippen molar-refractivity contribution in [2.45, 2.75) is 19.4 Å². The van der Waals surface area contributed by atoms with Crippen molar-refractivity contribution >= 4 is 15.7 Å². The summed E-state index contributed by atoms with van der Waals surface area (Å²) >= 11 is 0. The zero-order valence-electron chi connectivity index (χ0n) is 19.7. The summed E-state index contributed by atoms with van der Waals surface area (Å²) in [5, 5.41) is 0.